The van der Waals surface area contributed by atoms with Crippen LogP contribution in [0.1, 0.15) is 57.8 Å². The molecule has 0 aromatic carbocycles. The fraction of sp³-hybridized carbons (Fsp3) is 0.684. The summed E-state index contributed by atoms with van der Waals surface area (Å²) < 4.78 is 4.64. The van der Waals surface area contributed by atoms with Crippen molar-refractivity contribution in [1.29, 1.82) is 0 Å². The van der Waals surface area contributed by atoms with Gasteiger partial charge in [0, 0.05) is 29.8 Å². The Morgan fingerprint density at radius 3 is 2.58 bits per heavy atom. The molecule has 0 saturated carbocycles. The first kappa shape index (κ1) is 25.2. The Balaban J connectivity index is 0.00000625. The minimum Gasteiger partial charge on any atom is -0.469 e. The van der Waals surface area contributed by atoms with Crippen molar-refractivity contribution in [2.24, 2.45) is 4.99 Å². The molecule has 2 N–H and O–H groups in total. The van der Waals surface area contributed by atoms with E-state index in [4.69, 9.17) is 4.99 Å². The summed E-state index contributed by atoms with van der Waals surface area (Å²) in [6.45, 7) is 9.03. The van der Waals surface area contributed by atoms with Gasteiger partial charge in [-0.1, -0.05) is 32.8 Å². The summed E-state index contributed by atoms with van der Waals surface area (Å²) in [6.07, 6.45) is 4.64. The number of methoxy groups -OCH3 is 1. The van der Waals surface area contributed by atoms with Gasteiger partial charge in [0.15, 0.2) is 5.96 Å². The van der Waals surface area contributed by atoms with Gasteiger partial charge in [0.1, 0.15) is 0 Å². The van der Waals surface area contributed by atoms with Crippen LogP contribution >= 0.6 is 35.3 Å². The molecule has 1 rings (SSSR count). The van der Waals surface area contributed by atoms with Crippen LogP contribution in [0.4, 0.5) is 0 Å². The number of rotatable bonds is 11. The first-order chi connectivity index (χ1) is 12.0. The van der Waals surface area contributed by atoms with Gasteiger partial charge in [-0.3, -0.25) is 9.79 Å². The fourth-order valence-corrected chi connectivity index (χ4v) is 3.26. The van der Waals surface area contributed by atoms with Gasteiger partial charge in [0.25, 0.3) is 0 Å². The molecule has 0 aliphatic carbocycles. The Labute approximate surface area is 179 Å². The van der Waals surface area contributed by atoms with Crippen LogP contribution in [0.2, 0.25) is 0 Å². The summed E-state index contributed by atoms with van der Waals surface area (Å²) in [5.74, 6) is 0.759. The molecule has 0 aliphatic heterocycles. The molecule has 5 nitrogen and oxygen atoms in total. The van der Waals surface area contributed by atoms with E-state index in [9.17, 15) is 4.79 Å². The number of halogens is 1. The Hall–Kier alpha value is -0.830. The van der Waals surface area contributed by atoms with E-state index in [-0.39, 0.29) is 35.4 Å². The third-order valence-electron chi connectivity index (χ3n) is 3.99. The maximum absolute atomic E-state index is 11.0. The first-order valence-corrected chi connectivity index (χ1v) is 10.0. The van der Waals surface area contributed by atoms with Crippen LogP contribution in [-0.2, 0) is 14.9 Å². The molecule has 0 spiro atoms. The molecule has 1 heterocycles. The highest BCUT2D eigenvalue weighted by Crippen LogP contribution is 2.27. The summed E-state index contributed by atoms with van der Waals surface area (Å²) in [6, 6.07) is 4.27. The molecular formula is C19H34IN3O2S. The number of nitrogens with zero attached hydrogens (tertiary/aromatic N) is 1. The molecule has 150 valence electrons. The summed E-state index contributed by atoms with van der Waals surface area (Å²) >= 11 is 1.78. The van der Waals surface area contributed by atoms with Crippen LogP contribution < -0.4 is 10.6 Å². The van der Waals surface area contributed by atoms with Gasteiger partial charge >= 0.3 is 5.97 Å². The molecule has 0 bridgehead atoms. The van der Waals surface area contributed by atoms with Crippen molar-refractivity contribution in [1.82, 2.24) is 10.6 Å². The number of esters is 1. The summed E-state index contributed by atoms with van der Waals surface area (Å²) in [5, 5.41) is 8.82. The number of hydrogen-bond acceptors (Lipinski definition) is 4. The molecular weight excluding hydrogens is 461 g/mol. The monoisotopic (exact) mass is 495 g/mol. The van der Waals surface area contributed by atoms with E-state index in [0.29, 0.717) is 6.42 Å². The normalized spacial score (nSPS) is 11.6. The van der Waals surface area contributed by atoms with Gasteiger partial charge in [0.2, 0.25) is 0 Å². The second-order valence-corrected chi connectivity index (χ2v) is 7.67. The van der Waals surface area contributed by atoms with Crippen molar-refractivity contribution in [2.75, 3.05) is 26.7 Å². The number of carbonyl (C=O) groups is 1. The zero-order valence-electron chi connectivity index (χ0n) is 16.5. The van der Waals surface area contributed by atoms with Crippen molar-refractivity contribution in [3.05, 3.63) is 22.4 Å². The van der Waals surface area contributed by atoms with Gasteiger partial charge in [-0.15, -0.1) is 35.3 Å². The molecule has 0 atom stereocenters. The number of hydrogen-bond donors (Lipinski definition) is 2. The highest BCUT2D eigenvalue weighted by molar-refractivity contribution is 14.0. The maximum atomic E-state index is 11.0. The Morgan fingerprint density at radius 2 is 1.96 bits per heavy atom. The van der Waals surface area contributed by atoms with Crippen LogP contribution in [-0.4, -0.2) is 38.7 Å². The zero-order valence-corrected chi connectivity index (χ0v) is 19.6. The Bertz CT molecular complexity index is 519. The molecule has 0 amide bonds. The average molecular weight is 495 g/mol. The van der Waals surface area contributed by atoms with Crippen LogP contribution in [0.25, 0.3) is 0 Å². The molecule has 1 aromatic rings. The summed E-state index contributed by atoms with van der Waals surface area (Å²) in [4.78, 5) is 17.2. The molecule has 0 saturated heterocycles. The van der Waals surface area contributed by atoms with Crippen LogP contribution in [0.3, 0.4) is 0 Å². The lowest BCUT2D eigenvalue weighted by Gasteiger charge is -2.21. The van der Waals surface area contributed by atoms with E-state index in [1.54, 1.807) is 11.3 Å². The number of carbonyl (C=O) groups excluding carboxylic acids is 1. The molecule has 0 fully saturated rings. The van der Waals surface area contributed by atoms with Crippen LogP contribution in [0.15, 0.2) is 22.5 Å². The Kier molecular flexibility index (Phi) is 13.8. The average Bonchev–Trinajstić information content (AvgIpc) is 3.14. The van der Waals surface area contributed by atoms with Crippen molar-refractivity contribution >= 4 is 47.2 Å². The largest absolute Gasteiger partial charge is 0.469 e. The van der Waals surface area contributed by atoms with Crippen molar-refractivity contribution in [3.8, 4) is 0 Å². The SMILES string of the molecule is CCNC(=NCC(C)(C)c1cccs1)NCCCCCCC(=O)OC.I. The van der Waals surface area contributed by atoms with Crippen LogP contribution in [0.5, 0.6) is 0 Å². The molecule has 0 radical (unpaired) electrons. The molecule has 0 unspecified atom stereocenters. The molecule has 0 aliphatic rings. The van der Waals surface area contributed by atoms with E-state index in [1.807, 2.05) is 0 Å². The van der Waals surface area contributed by atoms with E-state index in [2.05, 4.69) is 53.7 Å². The number of guanidine groups is 1. The lowest BCUT2D eigenvalue weighted by molar-refractivity contribution is -0.140. The minimum absolute atomic E-state index is 0. The number of aliphatic imine (C=N–C) groups is 1. The van der Waals surface area contributed by atoms with Crippen molar-refractivity contribution < 1.29 is 9.53 Å². The van der Waals surface area contributed by atoms with E-state index in [0.717, 1.165) is 51.3 Å². The predicted molar refractivity (Wildman–Crippen MR) is 122 cm³/mol. The highest BCUT2D eigenvalue weighted by Gasteiger charge is 2.21. The van der Waals surface area contributed by atoms with Gasteiger partial charge in [-0.25, -0.2) is 0 Å². The van der Waals surface area contributed by atoms with Gasteiger partial charge in [-0.2, -0.15) is 0 Å². The minimum atomic E-state index is -0.118. The van der Waals surface area contributed by atoms with Gasteiger partial charge in [-0.05, 0) is 31.2 Å². The predicted octanol–water partition coefficient (Wildman–Crippen LogP) is 4.32. The van der Waals surface area contributed by atoms with Crippen molar-refractivity contribution in [2.45, 2.75) is 58.3 Å². The number of thiophene rings is 1. The topological polar surface area (TPSA) is 62.7 Å². The third kappa shape index (κ3) is 10.4. The molecule has 1 aromatic heterocycles. The van der Waals surface area contributed by atoms with Gasteiger partial charge < -0.3 is 15.4 Å². The quantitative estimate of drug-likeness (QED) is 0.158. The standard InChI is InChI=1S/C19H33N3O2S.HI/c1-5-20-18(21-13-9-7-6-8-12-17(23)24-4)22-15-19(2,3)16-11-10-14-25-16;/h10-11,14H,5-9,12-13,15H2,1-4H3,(H2,20,21,22);1H. The second-order valence-electron chi connectivity index (χ2n) is 6.72. The maximum Gasteiger partial charge on any atom is 0.305 e. The Morgan fingerprint density at radius 1 is 1.23 bits per heavy atom. The lowest BCUT2D eigenvalue weighted by atomic mass is 9.92. The molecule has 26 heavy (non-hydrogen) atoms. The highest BCUT2D eigenvalue weighted by atomic mass is 127. The second kappa shape index (κ2) is 14.3. The molecule has 7 heteroatoms. The van der Waals surface area contributed by atoms with E-state index < -0.39 is 0 Å². The summed E-state index contributed by atoms with van der Waals surface area (Å²) in [5.41, 5.74) is 0.0460. The fourth-order valence-electron chi connectivity index (χ4n) is 2.42. The van der Waals surface area contributed by atoms with Gasteiger partial charge in [0.05, 0.1) is 13.7 Å². The number of nitrogens with one attached hydrogen (secondary N) is 2. The summed E-state index contributed by atoms with van der Waals surface area (Å²) in [7, 11) is 1.44. The van der Waals surface area contributed by atoms with E-state index in [1.165, 1.54) is 12.0 Å². The first-order valence-electron chi connectivity index (χ1n) is 9.12. The third-order valence-corrected chi connectivity index (χ3v) is 5.23. The zero-order chi connectivity index (χ0) is 18.5. The number of unbranched alkanes of at least 4 members (excludes halogenated alkanes) is 3. The van der Waals surface area contributed by atoms with Crippen molar-refractivity contribution in [3.63, 3.8) is 0 Å². The smallest absolute Gasteiger partial charge is 0.305 e. The number of ether oxygens (including phenoxy) is 1. The van der Waals surface area contributed by atoms with Crippen LogP contribution in [0, 0.1) is 0 Å². The lowest BCUT2D eigenvalue weighted by Crippen LogP contribution is -2.38. The van der Waals surface area contributed by atoms with E-state index >= 15 is 0 Å².